The summed E-state index contributed by atoms with van der Waals surface area (Å²) in [5, 5.41) is 3.23. The van der Waals surface area contributed by atoms with Gasteiger partial charge in [0.15, 0.2) is 24.2 Å². The number of rotatable bonds is 9. The molecule has 0 saturated carbocycles. The summed E-state index contributed by atoms with van der Waals surface area (Å²) in [5.41, 5.74) is 2.30. The Bertz CT molecular complexity index is 897. The zero-order chi connectivity index (χ0) is 21.4. The van der Waals surface area contributed by atoms with Gasteiger partial charge in [-0.05, 0) is 55.7 Å². The summed E-state index contributed by atoms with van der Waals surface area (Å²) in [6, 6.07) is 10.6. The number of carbonyl (C=O) groups excluding carboxylic acids is 2. The number of benzene rings is 2. The Balaban J connectivity index is 1.90. The number of esters is 1. The highest BCUT2D eigenvalue weighted by Gasteiger charge is 2.19. The molecular formula is C22H24ClNO5. The molecule has 0 aliphatic rings. The predicted molar refractivity (Wildman–Crippen MR) is 113 cm³/mol. The maximum atomic E-state index is 12.3. The Morgan fingerprint density at radius 3 is 2.69 bits per heavy atom. The first kappa shape index (κ1) is 22.3. The second-order valence-electron chi connectivity index (χ2n) is 6.30. The Labute approximate surface area is 175 Å². The van der Waals surface area contributed by atoms with Gasteiger partial charge < -0.3 is 19.5 Å². The maximum Gasteiger partial charge on any atom is 0.344 e. The summed E-state index contributed by atoms with van der Waals surface area (Å²) in [5.74, 6) is -0.231. The van der Waals surface area contributed by atoms with Crippen molar-refractivity contribution in [2.75, 3.05) is 19.0 Å². The second-order valence-corrected chi connectivity index (χ2v) is 6.71. The van der Waals surface area contributed by atoms with Gasteiger partial charge in [0.1, 0.15) is 0 Å². The van der Waals surface area contributed by atoms with Crippen LogP contribution in [0.15, 0.2) is 49.1 Å². The van der Waals surface area contributed by atoms with E-state index in [4.69, 9.17) is 25.8 Å². The van der Waals surface area contributed by atoms with Crippen LogP contribution in [0, 0.1) is 6.92 Å². The van der Waals surface area contributed by atoms with Crippen LogP contribution in [0.4, 0.5) is 5.69 Å². The third kappa shape index (κ3) is 6.26. The molecule has 0 bridgehead atoms. The fourth-order valence-corrected chi connectivity index (χ4v) is 2.70. The first-order valence-electron chi connectivity index (χ1n) is 9.01. The Morgan fingerprint density at radius 2 is 2.00 bits per heavy atom. The smallest absolute Gasteiger partial charge is 0.344 e. The molecule has 29 heavy (non-hydrogen) atoms. The van der Waals surface area contributed by atoms with Gasteiger partial charge in [0.2, 0.25) is 0 Å². The third-order valence-corrected chi connectivity index (χ3v) is 4.57. The van der Waals surface area contributed by atoms with Crippen LogP contribution in [-0.4, -0.2) is 31.7 Å². The minimum absolute atomic E-state index is 0.356. The van der Waals surface area contributed by atoms with Crippen LogP contribution in [-0.2, 0) is 20.7 Å². The monoisotopic (exact) mass is 417 g/mol. The molecule has 1 atom stereocenters. The molecule has 0 unspecified atom stereocenters. The van der Waals surface area contributed by atoms with Gasteiger partial charge >= 0.3 is 5.97 Å². The van der Waals surface area contributed by atoms with Crippen molar-refractivity contribution in [3.8, 4) is 11.5 Å². The van der Waals surface area contributed by atoms with Crippen molar-refractivity contribution >= 4 is 29.2 Å². The molecule has 0 aliphatic carbocycles. The van der Waals surface area contributed by atoms with Gasteiger partial charge in [-0.15, -0.1) is 6.58 Å². The third-order valence-electron chi connectivity index (χ3n) is 4.16. The molecule has 6 nitrogen and oxygen atoms in total. The molecule has 0 aliphatic heterocycles. The van der Waals surface area contributed by atoms with Crippen LogP contribution in [0.5, 0.6) is 11.5 Å². The number of hydrogen-bond acceptors (Lipinski definition) is 5. The summed E-state index contributed by atoms with van der Waals surface area (Å²) in [7, 11) is 1.52. The van der Waals surface area contributed by atoms with Crippen molar-refractivity contribution < 1.29 is 23.8 Å². The minimum Gasteiger partial charge on any atom is -0.493 e. The van der Waals surface area contributed by atoms with Gasteiger partial charge in [0.05, 0.1) is 7.11 Å². The molecule has 2 aromatic rings. The van der Waals surface area contributed by atoms with Crippen LogP contribution >= 0.6 is 11.6 Å². The lowest BCUT2D eigenvalue weighted by Gasteiger charge is -2.16. The number of anilines is 1. The van der Waals surface area contributed by atoms with E-state index in [1.54, 1.807) is 37.3 Å². The van der Waals surface area contributed by atoms with Crippen molar-refractivity contribution in [2.45, 2.75) is 26.4 Å². The first-order valence-corrected chi connectivity index (χ1v) is 9.39. The number of methoxy groups -OCH3 is 1. The van der Waals surface area contributed by atoms with E-state index in [0.717, 1.165) is 11.1 Å². The molecule has 154 valence electrons. The van der Waals surface area contributed by atoms with Crippen molar-refractivity contribution in [1.82, 2.24) is 0 Å². The Morgan fingerprint density at radius 1 is 1.24 bits per heavy atom. The number of hydrogen-bond donors (Lipinski definition) is 1. The fourth-order valence-electron chi connectivity index (χ4n) is 2.52. The molecule has 0 saturated heterocycles. The number of nitrogens with one attached hydrogen (secondary N) is 1. The molecule has 0 aromatic heterocycles. The zero-order valence-electron chi connectivity index (χ0n) is 16.7. The molecule has 1 amide bonds. The molecule has 7 heteroatoms. The summed E-state index contributed by atoms with van der Waals surface area (Å²) < 4.78 is 15.9. The average Bonchev–Trinajstić information content (AvgIpc) is 2.70. The lowest BCUT2D eigenvalue weighted by atomic mass is 10.1. The van der Waals surface area contributed by atoms with Crippen LogP contribution in [0.1, 0.15) is 18.1 Å². The van der Waals surface area contributed by atoms with Gasteiger partial charge in [-0.2, -0.15) is 0 Å². The molecule has 2 rings (SSSR count). The highest BCUT2D eigenvalue weighted by atomic mass is 35.5. The largest absolute Gasteiger partial charge is 0.493 e. The van der Waals surface area contributed by atoms with Crippen molar-refractivity contribution in [3.05, 3.63) is 65.2 Å². The van der Waals surface area contributed by atoms with Gasteiger partial charge in [-0.1, -0.05) is 29.8 Å². The quantitative estimate of drug-likeness (QED) is 0.485. The molecule has 2 aromatic carbocycles. The SMILES string of the molecule is C=CCc1ccc(OCC(=O)O[C@@H](C)C(=O)Nc2cccc(Cl)c2C)c(OC)c1. The normalized spacial score (nSPS) is 11.3. The zero-order valence-corrected chi connectivity index (χ0v) is 17.4. The highest BCUT2D eigenvalue weighted by Crippen LogP contribution is 2.28. The van der Waals surface area contributed by atoms with Crippen LogP contribution in [0.3, 0.4) is 0 Å². The van der Waals surface area contributed by atoms with Gasteiger partial charge in [-0.25, -0.2) is 4.79 Å². The maximum absolute atomic E-state index is 12.3. The van der Waals surface area contributed by atoms with E-state index in [1.807, 2.05) is 12.1 Å². The first-order chi connectivity index (χ1) is 13.8. The summed E-state index contributed by atoms with van der Waals surface area (Å²) >= 11 is 6.04. The van der Waals surface area contributed by atoms with E-state index >= 15 is 0 Å². The fraction of sp³-hybridized carbons (Fsp3) is 0.273. The van der Waals surface area contributed by atoms with Crippen LogP contribution in [0.2, 0.25) is 5.02 Å². The van der Waals surface area contributed by atoms with Crippen molar-refractivity contribution in [2.24, 2.45) is 0 Å². The number of halogens is 1. The van der Waals surface area contributed by atoms with E-state index in [2.05, 4.69) is 11.9 Å². The minimum atomic E-state index is -0.999. The highest BCUT2D eigenvalue weighted by molar-refractivity contribution is 6.31. The van der Waals surface area contributed by atoms with E-state index in [-0.39, 0.29) is 6.61 Å². The van der Waals surface area contributed by atoms with E-state index in [1.165, 1.54) is 14.0 Å². The van der Waals surface area contributed by atoms with E-state index < -0.39 is 18.0 Å². The van der Waals surface area contributed by atoms with Crippen molar-refractivity contribution in [3.63, 3.8) is 0 Å². The number of amides is 1. The molecule has 0 fully saturated rings. The number of ether oxygens (including phenoxy) is 3. The summed E-state index contributed by atoms with van der Waals surface area (Å²) in [6.45, 7) is 6.61. The molecule has 0 spiro atoms. The van der Waals surface area contributed by atoms with Gasteiger partial charge in [0.25, 0.3) is 5.91 Å². The molecule has 1 N–H and O–H groups in total. The molecule has 0 radical (unpaired) electrons. The number of allylic oxidation sites excluding steroid dienone is 1. The Kier molecular flexibility index (Phi) is 8.09. The molecular weight excluding hydrogens is 394 g/mol. The topological polar surface area (TPSA) is 73.9 Å². The summed E-state index contributed by atoms with van der Waals surface area (Å²) in [6.07, 6.45) is 1.47. The van der Waals surface area contributed by atoms with Crippen LogP contribution in [0.25, 0.3) is 0 Å². The summed E-state index contributed by atoms with van der Waals surface area (Å²) in [4.78, 5) is 24.4. The Hall–Kier alpha value is -2.99. The van der Waals surface area contributed by atoms with Gasteiger partial charge in [-0.3, -0.25) is 4.79 Å². The lowest BCUT2D eigenvalue weighted by molar-refractivity contribution is -0.155. The predicted octanol–water partition coefficient (Wildman–Crippen LogP) is 4.33. The average molecular weight is 418 g/mol. The molecule has 0 heterocycles. The van der Waals surface area contributed by atoms with Gasteiger partial charge in [0, 0.05) is 10.7 Å². The lowest BCUT2D eigenvalue weighted by Crippen LogP contribution is -2.31. The van der Waals surface area contributed by atoms with Crippen LogP contribution < -0.4 is 14.8 Å². The van der Waals surface area contributed by atoms with Crippen molar-refractivity contribution in [1.29, 1.82) is 0 Å². The van der Waals surface area contributed by atoms with E-state index in [0.29, 0.717) is 28.6 Å². The standard InChI is InChI=1S/C22H24ClNO5/c1-5-7-16-10-11-19(20(12-16)27-4)28-13-21(25)29-15(3)22(26)24-18-9-6-8-17(23)14(18)2/h5-6,8-12,15H,1,7,13H2,2-4H3,(H,24,26)/t15-/m0/s1. The van der Waals surface area contributed by atoms with E-state index in [9.17, 15) is 9.59 Å². The number of carbonyl (C=O) groups is 2. The second kappa shape index (κ2) is 10.5.